The Bertz CT molecular complexity index is 1330. The number of carboxylic acid groups (broad SMARTS) is 1. The largest absolute Gasteiger partial charge is 0.465 e. The lowest BCUT2D eigenvalue weighted by Gasteiger charge is -2.39. The summed E-state index contributed by atoms with van der Waals surface area (Å²) in [6.45, 7) is 6.51. The van der Waals surface area contributed by atoms with E-state index in [1.165, 1.54) is 27.3 Å². The molecule has 3 aromatic heterocycles. The van der Waals surface area contributed by atoms with E-state index in [0.29, 0.717) is 23.3 Å². The molecule has 1 aliphatic heterocycles. The zero-order valence-corrected chi connectivity index (χ0v) is 20.7. The summed E-state index contributed by atoms with van der Waals surface area (Å²) in [6.07, 6.45) is 2.56. The van der Waals surface area contributed by atoms with Gasteiger partial charge in [0.25, 0.3) is 0 Å². The number of hydrogen-bond donors (Lipinski definition) is 1. The zero-order chi connectivity index (χ0) is 24.7. The first kappa shape index (κ1) is 24.2. The van der Waals surface area contributed by atoms with Crippen molar-refractivity contribution in [3.63, 3.8) is 0 Å². The van der Waals surface area contributed by atoms with Gasteiger partial charge < -0.3 is 14.9 Å². The second kappa shape index (κ2) is 9.38. The molecule has 9 nitrogen and oxygen atoms in total. The minimum atomic E-state index is -1.01. The van der Waals surface area contributed by atoms with E-state index in [-0.39, 0.29) is 41.7 Å². The number of carbonyl (C=O) groups is 1. The molecule has 12 heteroatoms. The normalized spacial score (nSPS) is 16.5. The number of nitrogens with zero attached hydrogens (tertiary/aromatic N) is 6. The number of pyridine rings is 2. The second-order valence-electron chi connectivity index (χ2n) is 8.36. The van der Waals surface area contributed by atoms with Crippen LogP contribution in [0.3, 0.4) is 0 Å². The van der Waals surface area contributed by atoms with E-state index in [2.05, 4.69) is 15.0 Å². The molecular formula is C22H24ClFN6O3S. The van der Waals surface area contributed by atoms with Crippen molar-refractivity contribution < 1.29 is 14.3 Å². The number of piperazine rings is 1. The lowest BCUT2D eigenvalue weighted by atomic mass is 10.1. The third kappa shape index (κ3) is 4.18. The van der Waals surface area contributed by atoms with Gasteiger partial charge in [0.2, 0.25) is 0 Å². The van der Waals surface area contributed by atoms with E-state index in [1.807, 2.05) is 31.9 Å². The van der Waals surface area contributed by atoms with Crippen molar-refractivity contribution in [1.29, 1.82) is 0 Å². The molecule has 0 bridgehead atoms. The molecule has 0 saturated carbocycles. The van der Waals surface area contributed by atoms with Crippen molar-refractivity contribution in [2.75, 3.05) is 30.8 Å². The quantitative estimate of drug-likeness (QED) is 0.418. The van der Waals surface area contributed by atoms with Crippen molar-refractivity contribution >= 4 is 46.3 Å². The van der Waals surface area contributed by atoms with Crippen LogP contribution in [-0.2, 0) is 0 Å². The van der Waals surface area contributed by atoms with Crippen LogP contribution >= 0.6 is 23.4 Å². The van der Waals surface area contributed by atoms with Crippen LogP contribution in [0.25, 0.3) is 16.7 Å². The number of thioether (sulfide) groups is 1. The van der Waals surface area contributed by atoms with Gasteiger partial charge in [0, 0.05) is 36.8 Å². The molecule has 4 rings (SSSR count). The molecule has 1 fully saturated rings. The summed E-state index contributed by atoms with van der Waals surface area (Å²) < 4.78 is 16.0. The van der Waals surface area contributed by atoms with Crippen LogP contribution in [0.2, 0.25) is 5.15 Å². The van der Waals surface area contributed by atoms with Crippen LogP contribution in [0.1, 0.15) is 32.4 Å². The number of rotatable bonds is 4. The van der Waals surface area contributed by atoms with Gasteiger partial charge in [0.1, 0.15) is 5.82 Å². The summed E-state index contributed by atoms with van der Waals surface area (Å²) in [5.74, 6) is -0.499. The molecule has 180 valence electrons. The monoisotopic (exact) mass is 506 g/mol. The van der Waals surface area contributed by atoms with Crippen LogP contribution in [0, 0.1) is 5.82 Å². The number of amides is 1. The highest BCUT2D eigenvalue weighted by Crippen LogP contribution is 2.34. The maximum atomic E-state index is 14.6. The molecule has 4 heterocycles. The molecule has 0 radical (unpaired) electrons. The van der Waals surface area contributed by atoms with E-state index in [4.69, 9.17) is 11.6 Å². The molecular weight excluding hydrogens is 483 g/mol. The van der Waals surface area contributed by atoms with Gasteiger partial charge in [-0.15, -0.1) is 11.8 Å². The van der Waals surface area contributed by atoms with Crippen LogP contribution < -0.4 is 10.6 Å². The van der Waals surface area contributed by atoms with Crippen molar-refractivity contribution in [3.8, 4) is 5.69 Å². The molecule has 0 aliphatic carbocycles. The molecule has 3 aromatic rings. The Balaban J connectivity index is 2.01. The van der Waals surface area contributed by atoms with Crippen LogP contribution in [0.5, 0.6) is 0 Å². The third-order valence-corrected chi connectivity index (χ3v) is 6.87. The summed E-state index contributed by atoms with van der Waals surface area (Å²) in [5, 5.41) is 9.28. The lowest BCUT2D eigenvalue weighted by molar-refractivity contribution is 0.136. The summed E-state index contributed by atoms with van der Waals surface area (Å²) in [5.41, 5.74) is 0.781. The van der Waals surface area contributed by atoms with E-state index >= 15 is 0 Å². The van der Waals surface area contributed by atoms with Gasteiger partial charge in [-0.2, -0.15) is 4.98 Å². The smallest absolute Gasteiger partial charge is 0.407 e. The average Bonchev–Trinajstić information content (AvgIpc) is 2.79. The second-order valence-corrected chi connectivity index (χ2v) is 9.56. The molecule has 1 saturated heterocycles. The van der Waals surface area contributed by atoms with Gasteiger partial charge in [-0.25, -0.2) is 23.5 Å². The molecule has 34 heavy (non-hydrogen) atoms. The summed E-state index contributed by atoms with van der Waals surface area (Å²) in [4.78, 5) is 41.9. The van der Waals surface area contributed by atoms with Crippen LogP contribution in [0.15, 0.2) is 28.0 Å². The van der Waals surface area contributed by atoms with Gasteiger partial charge in [-0.3, -0.25) is 4.98 Å². The predicted octanol–water partition coefficient (Wildman–Crippen LogP) is 4.00. The highest BCUT2D eigenvalue weighted by atomic mass is 35.5. The highest BCUT2D eigenvalue weighted by molar-refractivity contribution is 7.98. The van der Waals surface area contributed by atoms with Gasteiger partial charge in [0.05, 0.1) is 16.8 Å². The highest BCUT2D eigenvalue weighted by Gasteiger charge is 2.31. The third-order valence-electron chi connectivity index (χ3n) is 5.83. The number of fused-ring (bicyclic) bond motifs is 1. The van der Waals surface area contributed by atoms with Crippen LogP contribution in [-0.4, -0.2) is 67.6 Å². The molecule has 0 aromatic carbocycles. The van der Waals surface area contributed by atoms with Gasteiger partial charge in [-0.1, -0.05) is 25.4 Å². The number of anilines is 1. The summed E-state index contributed by atoms with van der Waals surface area (Å²) >= 11 is 7.52. The Morgan fingerprint density at radius 1 is 1.32 bits per heavy atom. The number of aromatic nitrogens is 4. The van der Waals surface area contributed by atoms with Gasteiger partial charge >= 0.3 is 11.8 Å². The first-order chi connectivity index (χ1) is 16.1. The van der Waals surface area contributed by atoms with E-state index in [9.17, 15) is 19.1 Å². The Morgan fingerprint density at radius 3 is 2.68 bits per heavy atom. The molecule has 0 spiro atoms. The predicted molar refractivity (Wildman–Crippen MR) is 130 cm³/mol. The van der Waals surface area contributed by atoms with Crippen LogP contribution in [0.4, 0.5) is 15.0 Å². The topological polar surface area (TPSA) is 104 Å². The maximum absolute atomic E-state index is 14.6. The molecule has 1 atom stereocenters. The fraction of sp³-hybridized carbons (Fsp3) is 0.409. The van der Waals surface area contributed by atoms with E-state index in [1.54, 1.807) is 12.3 Å². The Morgan fingerprint density at radius 2 is 2.06 bits per heavy atom. The molecule has 1 aliphatic rings. The maximum Gasteiger partial charge on any atom is 0.407 e. The fourth-order valence-corrected chi connectivity index (χ4v) is 4.93. The van der Waals surface area contributed by atoms with Crippen molar-refractivity contribution in [1.82, 2.24) is 24.4 Å². The minimum Gasteiger partial charge on any atom is -0.465 e. The van der Waals surface area contributed by atoms with Gasteiger partial charge in [0.15, 0.2) is 16.6 Å². The first-order valence-electron chi connectivity index (χ1n) is 10.7. The molecule has 1 N–H and O–H groups in total. The van der Waals surface area contributed by atoms with Gasteiger partial charge in [-0.05, 0) is 31.2 Å². The van der Waals surface area contributed by atoms with Crippen molar-refractivity contribution in [2.24, 2.45) is 0 Å². The Hall–Kier alpha value is -2.92. The Kier molecular flexibility index (Phi) is 6.68. The standard InChI is InChI=1S/C22H24ClFN6O3S/c1-11(2)16-17(15(34-4)5-6-25-16)30-20-13(9-14(24)18(23)26-20)19(27-21(30)31)29-8-7-28(22(32)33)10-12(29)3/h5-6,9,11-12H,7-8,10H2,1-4H3,(H,32,33)/t12-/m0/s1. The van der Waals surface area contributed by atoms with E-state index < -0.39 is 17.6 Å². The van der Waals surface area contributed by atoms with Crippen molar-refractivity contribution in [3.05, 3.63) is 45.5 Å². The minimum absolute atomic E-state index is 0.0104. The SMILES string of the molecule is CSc1ccnc(C(C)C)c1-n1c(=O)nc(N2CCN(C(=O)O)C[C@@H]2C)c2cc(F)c(Cl)nc21. The zero-order valence-electron chi connectivity index (χ0n) is 19.1. The average molecular weight is 507 g/mol. The molecule has 1 amide bonds. The Labute approximate surface area is 204 Å². The lowest BCUT2D eigenvalue weighted by Crippen LogP contribution is -2.54. The van der Waals surface area contributed by atoms with E-state index in [0.717, 1.165) is 4.90 Å². The summed E-state index contributed by atoms with van der Waals surface area (Å²) in [7, 11) is 0. The van der Waals surface area contributed by atoms with Crippen molar-refractivity contribution in [2.45, 2.75) is 37.6 Å². The number of hydrogen-bond acceptors (Lipinski definition) is 7. The molecule has 0 unspecified atom stereocenters. The first-order valence-corrected chi connectivity index (χ1v) is 12.3. The summed E-state index contributed by atoms with van der Waals surface area (Å²) in [6, 6.07) is 2.74. The number of halogens is 2. The fourth-order valence-electron chi connectivity index (χ4n) is 4.21.